The van der Waals surface area contributed by atoms with E-state index in [9.17, 15) is 69.6 Å². The summed E-state index contributed by atoms with van der Waals surface area (Å²) in [5.41, 5.74) is -1.72. The van der Waals surface area contributed by atoms with Gasteiger partial charge in [-0.2, -0.15) is 25.3 Å². The van der Waals surface area contributed by atoms with Crippen molar-refractivity contribution in [1.29, 1.82) is 0 Å². The summed E-state index contributed by atoms with van der Waals surface area (Å²) in [5.74, 6) is -3.84. The van der Waals surface area contributed by atoms with E-state index in [0.717, 1.165) is 25.1 Å². The number of aliphatic hydroxyl groups is 1. The molecule has 0 aliphatic heterocycles. The van der Waals surface area contributed by atoms with Gasteiger partial charge in [0.1, 0.15) is 49.8 Å². The minimum absolute atomic E-state index is 0.180. The molecule has 57 heavy (non-hydrogen) atoms. The second-order valence-corrected chi connectivity index (χ2v) is 16.1. The van der Waals surface area contributed by atoms with Crippen LogP contribution in [0.5, 0.6) is 28.7 Å². The van der Waals surface area contributed by atoms with E-state index in [1.165, 1.54) is 54.6 Å². The number of hydrogen-bond acceptors (Lipinski definition) is 16. The number of aliphatic imine (C=N–C) groups is 1. The molecule has 0 fully saturated rings. The number of azo groups is 2. The van der Waals surface area contributed by atoms with Gasteiger partial charge in [0.2, 0.25) is 0 Å². The summed E-state index contributed by atoms with van der Waals surface area (Å²) in [6.45, 7) is 1.10. The average molecular weight is 840 g/mol. The van der Waals surface area contributed by atoms with Gasteiger partial charge < -0.3 is 30.6 Å². The summed E-state index contributed by atoms with van der Waals surface area (Å²) >= 11 is 0. The van der Waals surface area contributed by atoms with E-state index < -0.39 is 96.7 Å². The van der Waals surface area contributed by atoms with Crippen molar-refractivity contribution in [2.24, 2.45) is 25.4 Å². The Hall–Kier alpha value is -6.76. The molecule has 0 unspecified atom stereocenters. The van der Waals surface area contributed by atoms with E-state index in [-0.39, 0.29) is 44.0 Å². The van der Waals surface area contributed by atoms with Gasteiger partial charge in [-0.3, -0.25) is 13.7 Å². The SMILES string of the molecule is CC(O)=Nc1cc(S(=O)(=O)O)cc2cc(S(=O)(=O)O)c(N=Nc3ccc(-c4ccc(N=Nc5cc(S(=O)(=O)O)c6cccc(O)c6c5O)c(O)c4)cc3O)c(O)c12. The maximum atomic E-state index is 12.3. The zero-order valence-corrected chi connectivity index (χ0v) is 30.9. The van der Waals surface area contributed by atoms with Crippen molar-refractivity contribution in [3.8, 4) is 39.9 Å². The second kappa shape index (κ2) is 14.4. The number of hydrogen-bond donors (Lipinski definition) is 9. The number of phenolic OH excluding ortho intramolecular Hbond substituents is 5. The summed E-state index contributed by atoms with van der Waals surface area (Å²) in [4.78, 5) is 1.20. The Morgan fingerprint density at radius 2 is 1.09 bits per heavy atom. The fourth-order valence-corrected chi connectivity index (χ4v) is 7.51. The Balaban J connectivity index is 1.35. The van der Waals surface area contributed by atoms with E-state index in [0.29, 0.717) is 6.07 Å². The van der Waals surface area contributed by atoms with Crippen LogP contribution in [-0.4, -0.2) is 75.4 Å². The Morgan fingerprint density at radius 3 is 1.61 bits per heavy atom. The molecule has 6 aromatic rings. The van der Waals surface area contributed by atoms with Gasteiger partial charge in [0, 0.05) is 12.3 Å². The molecule has 294 valence electrons. The Morgan fingerprint density at radius 1 is 0.526 bits per heavy atom. The number of rotatable bonds is 9. The lowest BCUT2D eigenvalue weighted by molar-refractivity contribution is 0.463. The Kier molecular flexibility index (Phi) is 10.1. The topological polar surface area (TPSA) is 346 Å². The molecule has 0 amide bonds. The maximum absolute atomic E-state index is 12.3. The first kappa shape index (κ1) is 39.9. The number of aromatic hydroxyl groups is 5. The highest BCUT2D eigenvalue weighted by Gasteiger charge is 2.26. The van der Waals surface area contributed by atoms with Crippen LogP contribution in [0.2, 0.25) is 0 Å². The first-order valence-corrected chi connectivity index (χ1v) is 19.8. The predicted octanol–water partition coefficient (Wildman–Crippen LogP) is 7.37. The molecule has 0 aliphatic carbocycles. The highest BCUT2D eigenvalue weighted by Crippen LogP contribution is 2.47. The monoisotopic (exact) mass is 839 g/mol. The molecule has 9 N–H and O–H groups in total. The van der Waals surface area contributed by atoms with E-state index in [1.54, 1.807) is 0 Å². The molecule has 0 aliphatic rings. The molecule has 23 heteroatoms. The van der Waals surface area contributed by atoms with E-state index in [2.05, 4.69) is 25.4 Å². The van der Waals surface area contributed by atoms with Crippen molar-refractivity contribution >= 4 is 86.2 Å². The van der Waals surface area contributed by atoms with Gasteiger partial charge in [0.15, 0.2) is 17.4 Å². The van der Waals surface area contributed by atoms with Crippen molar-refractivity contribution in [3.63, 3.8) is 0 Å². The molecule has 0 bridgehead atoms. The maximum Gasteiger partial charge on any atom is 0.296 e. The minimum Gasteiger partial charge on any atom is -0.507 e. The highest BCUT2D eigenvalue weighted by molar-refractivity contribution is 7.86. The first-order valence-electron chi connectivity index (χ1n) is 15.5. The van der Waals surface area contributed by atoms with Crippen LogP contribution >= 0.6 is 0 Å². The lowest BCUT2D eigenvalue weighted by Crippen LogP contribution is -2.01. The predicted molar refractivity (Wildman–Crippen MR) is 201 cm³/mol. The number of phenols is 5. The van der Waals surface area contributed by atoms with Crippen LogP contribution in [0.1, 0.15) is 6.92 Å². The molecule has 0 aromatic heterocycles. The normalized spacial score (nSPS) is 13.0. The zero-order chi connectivity index (χ0) is 41.8. The van der Waals surface area contributed by atoms with Gasteiger partial charge in [-0.1, -0.05) is 24.3 Å². The molecule has 6 rings (SSSR count). The van der Waals surface area contributed by atoms with Crippen LogP contribution in [0.25, 0.3) is 32.7 Å². The standard InChI is InChI=1S/C34H25N5O15S3/c1-15(40)35-23-13-19(55(46,47)48)9-18-12-29(57(52,53)54)32(34(45)30(18)23)39-37-22-8-6-17(11-27(22)43)16-5-7-21(26(42)10-16)36-38-24-14-28(56(49,50)51)20-3-2-4-25(41)31(20)33(24)44/h2-14,41-45H,1H3,(H,35,40)(H,46,47,48)(H,49,50,51)(H,52,53,54). The third-order valence-electron chi connectivity index (χ3n) is 8.10. The Labute approximate surface area is 320 Å². The summed E-state index contributed by atoms with van der Waals surface area (Å²) in [5, 5.41) is 77.2. The number of nitrogens with zero attached hydrogens (tertiary/aromatic N) is 5. The van der Waals surface area contributed by atoms with Gasteiger partial charge in [0.25, 0.3) is 30.4 Å². The molecule has 0 spiro atoms. The van der Waals surface area contributed by atoms with Crippen LogP contribution < -0.4 is 0 Å². The quantitative estimate of drug-likeness (QED) is 0.0297. The van der Waals surface area contributed by atoms with E-state index >= 15 is 0 Å². The minimum atomic E-state index is -5.21. The molecule has 0 atom stereocenters. The average Bonchev–Trinajstić information content (AvgIpc) is 3.10. The van der Waals surface area contributed by atoms with E-state index in [1.807, 2.05) is 0 Å². The molecular weight excluding hydrogens is 815 g/mol. The molecule has 0 heterocycles. The fourth-order valence-electron chi connectivity index (χ4n) is 5.61. The summed E-state index contributed by atoms with van der Waals surface area (Å²) < 4.78 is 102. The smallest absolute Gasteiger partial charge is 0.296 e. The van der Waals surface area contributed by atoms with Crippen LogP contribution in [0.15, 0.2) is 119 Å². The van der Waals surface area contributed by atoms with Crippen LogP contribution in [0.4, 0.5) is 28.4 Å². The van der Waals surface area contributed by atoms with Gasteiger partial charge >= 0.3 is 0 Å². The second-order valence-electron chi connectivity index (χ2n) is 11.9. The lowest BCUT2D eigenvalue weighted by atomic mass is 10.0. The molecule has 0 saturated heterocycles. The zero-order valence-electron chi connectivity index (χ0n) is 28.4. The number of benzene rings is 6. The number of aliphatic hydroxyl groups excluding tert-OH is 1. The third kappa shape index (κ3) is 7.99. The molecule has 20 nitrogen and oxygen atoms in total. The van der Waals surface area contributed by atoms with Gasteiger partial charge in [-0.15, -0.1) is 20.5 Å². The molecule has 6 aromatic carbocycles. The van der Waals surface area contributed by atoms with Gasteiger partial charge in [-0.25, -0.2) is 4.99 Å². The molecular formula is C34H25N5O15S3. The van der Waals surface area contributed by atoms with Crippen LogP contribution in [-0.2, 0) is 30.4 Å². The van der Waals surface area contributed by atoms with E-state index in [4.69, 9.17) is 0 Å². The van der Waals surface area contributed by atoms with Crippen LogP contribution in [0, 0.1) is 0 Å². The first-order chi connectivity index (χ1) is 26.5. The summed E-state index contributed by atoms with van der Waals surface area (Å²) in [6.07, 6.45) is 0. The van der Waals surface area contributed by atoms with Crippen molar-refractivity contribution in [2.75, 3.05) is 0 Å². The van der Waals surface area contributed by atoms with Crippen molar-refractivity contribution in [2.45, 2.75) is 21.6 Å². The molecule has 0 radical (unpaired) electrons. The van der Waals surface area contributed by atoms with Crippen molar-refractivity contribution < 1.29 is 69.6 Å². The highest BCUT2D eigenvalue weighted by atomic mass is 32.2. The van der Waals surface area contributed by atoms with Crippen molar-refractivity contribution in [3.05, 3.63) is 78.9 Å². The van der Waals surface area contributed by atoms with Gasteiger partial charge in [0.05, 0.1) is 21.4 Å². The lowest BCUT2D eigenvalue weighted by Gasteiger charge is -2.12. The summed E-state index contributed by atoms with van der Waals surface area (Å²) in [7, 11) is -15.0. The third-order valence-corrected chi connectivity index (χ3v) is 10.7. The fraction of sp³-hybridized carbons (Fsp3) is 0.0294. The summed E-state index contributed by atoms with van der Waals surface area (Å²) in [6, 6.07) is 14.4. The number of fused-ring (bicyclic) bond motifs is 2. The van der Waals surface area contributed by atoms with Crippen LogP contribution in [0.3, 0.4) is 0 Å². The Bertz CT molecular complexity index is 3130. The largest absolute Gasteiger partial charge is 0.507 e. The van der Waals surface area contributed by atoms with Crippen molar-refractivity contribution in [1.82, 2.24) is 0 Å². The van der Waals surface area contributed by atoms with Gasteiger partial charge in [-0.05, 0) is 71.1 Å². The molecule has 0 saturated carbocycles.